The van der Waals surface area contributed by atoms with Gasteiger partial charge in [-0.3, -0.25) is 19.8 Å². The molecule has 1 aliphatic heterocycles. The number of carboxylic acids is 2. The molecule has 3 rings (SSSR count). The summed E-state index contributed by atoms with van der Waals surface area (Å²) in [6, 6.07) is 9.62. The van der Waals surface area contributed by atoms with Crippen LogP contribution in [0.3, 0.4) is 0 Å². The molecule has 0 aliphatic carbocycles. The summed E-state index contributed by atoms with van der Waals surface area (Å²) in [5.74, 6) is -4.89. The van der Waals surface area contributed by atoms with Gasteiger partial charge in [0.05, 0.1) is 29.8 Å². The van der Waals surface area contributed by atoms with Gasteiger partial charge in [-0.05, 0) is 54.7 Å². The SMILES string of the molecule is N=C(N)NCCCCCc1ccc2c(c1)C(=O)N(CCC(=O)O)CC(=O)N2Cc1ccc(C(F)(F)F)cc1.O=C(O)C(F)(F)F. The minimum absolute atomic E-state index is 0.0491. The summed E-state index contributed by atoms with van der Waals surface area (Å²) in [5.41, 5.74) is 6.33. The first-order valence-electron chi connectivity index (χ1n) is 13.4. The van der Waals surface area contributed by atoms with Gasteiger partial charge >= 0.3 is 24.3 Å². The topological polar surface area (TPSA) is 177 Å². The molecular weight excluding hydrogens is 616 g/mol. The van der Waals surface area contributed by atoms with Gasteiger partial charge in [-0.15, -0.1) is 0 Å². The van der Waals surface area contributed by atoms with E-state index in [0.717, 1.165) is 37.0 Å². The molecule has 0 unspecified atom stereocenters. The van der Waals surface area contributed by atoms with Crippen LogP contribution in [0.1, 0.15) is 52.7 Å². The highest BCUT2D eigenvalue weighted by Gasteiger charge is 2.38. The van der Waals surface area contributed by atoms with Crippen molar-refractivity contribution in [2.75, 3.05) is 24.5 Å². The molecule has 0 bridgehead atoms. The van der Waals surface area contributed by atoms with Gasteiger partial charge in [0, 0.05) is 13.1 Å². The zero-order valence-electron chi connectivity index (χ0n) is 23.7. The number of anilines is 1. The number of carboxylic acid groups (broad SMARTS) is 2. The van der Waals surface area contributed by atoms with Gasteiger partial charge in [0.2, 0.25) is 5.91 Å². The molecule has 6 N–H and O–H groups in total. The first-order valence-corrected chi connectivity index (χ1v) is 13.4. The lowest BCUT2D eigenvalue weighted by Gasteiger charge is -2.23. The number of fused-ring (bicyclic) bond motifs is 1. The van der Waals surface area contributed by atoms with E-state index in [1.165, 1.54) is 21.9 Å². The highest BCUT2D eigenvalue weighted by molar-refractivity contribution is 6.09. The number of aliphatic carboxylic acids is 2. The van der Waals surface area contributed by atoms with Crippen molar-refractivity contribution in [2.24, 2.45) is 5.73 Å². The third kappa shape index (κ3) is 11.6. The first kappa shape index (κ1) is 36.4. The molecule has 11 nitrogen and oxygen atoms in total. The van der Waals surface area contributed by atoms with E-state index in [1.54, 1.807) is 18.2 Å². The number of benzene rings is 2. The van der Waals surface area contributed by atoms with E-state index in [1.807, 2.05) is 0 Å². The summed E-state index contributed by atoms with van der Waals surface area (Å²) >= 11 is 0. The van der Waals surface area contributed by atoms with E-state index in [-0.39, 0.29) is 37.6 Å². The Morgan fingerprint density at radius 1 is 0.933 bits per heavy atom. The molecular formula is C28H31F6N5O6. The lowest BCUT2D eigenvalue weighted by atomic mass is 10.0. The molecule has 0 saturated carbocycles. The van der Waals surface area contributed by atoms with E-state index >= 15 is 0 Å². The number of amides is 2. The van der Waals surface area contributed by atoms with Gasteiger partial charge in [-0.1, -0.05) is 24.6 Å². The second-order valence-electron chi connectivity index (χ2n) is 9.85. The number of rotatable bonds is 11. The number of guanidine groups is 1. The maximum atomic E-state index is 13.4. The summed E-state index contributed by atoms with van der Waals surface area (Å²) in [6.45, 7) is 0.0326. The largest absolute Gasteiger partial charge is 0.490 e. The quantitative estimate of drug-likeness (QED) is 0.105. The van der Waals surface area contributed by atoms with Gasteiger partial charge in [-0.2, -0.15) is 26.3 Å². The minimum atomic E-state index is -5.08. The molecule has 1 heterocycles. The van der Waals surface area contributed by atoms with Crippen molar-refractivity contribution in [3.8, 4) is 0 Å². The molecule has 1 aliphatic rings. The molecule has 0 atom stereocenters. The zero-order chi connectivity index (χ0) is 33.9. The Morgan fingerprint density at radius 3 is 2.07 bits per heavy atom. The Kier molecular flexibility index (Phi) is 12.7. The van der Waals surface area contributed by atoms with Gasteiger partial charge in [-0.25, -0.2) is 4.79 Å². The molecule has 0 radical (unpaired) electrons. The number of halogens is 6. The van der Waals surface area contributed by atoms with Gasteiger partial charge < -0.3 is 31.1 Å². The number of aryl methyl sites for hydroxylation is 1. The summed E-state index contributed by atoms with van der Waals surface area (Å²) in [7, 11) is 0. The number of nitrogens with two attached hydrogens (primary N) is 1. The van der Waals surface area contributed by atoms with Crippen molar-refractivity contribution in [3.05, 3.63) is 64.7 Å². The van der Waals surface area contributed by atoms with Crippen LogP contribution >= 0.6 is 0 Å². The number of unbranched alkanes of at least 4 members (excludes halogenated alkanes) is 2. The molecule has 246 valence electrons. The molecule has 0 fully saturated rings. The fourth-order valence-electron chi connectivity index (χ4n) is 4.19. The number of alkyl halides is 6. The van der Waals surface area contributed by atoms with Crippen molar-refractivity contribution in [1.29, 1.82) is 5.41 Å². The predicted octanol–water partition coefficient (Wildman–Crippen LogP) is 4.00. The average molecular weight is 648 g/mol. The van der Waals surface area contributed by atoms with Crippen LogP contribution < -0.4 is 16.0 Å². The third-order valence-electron chi connectivity index (χ3n) is 6.41. The fourth-order valence-corrected chi connectivity index (χ4v) is 4.19. The Balaban J connectivity index is 0.000000900. The average Bonchev–Trinajstić information content (AvgIpc) is 3.03. The van der Waals surface area contributed by atoms with Crippen molar-refractivity contribution in [2.45, 2.75) is 51.0 Å². The molecule has 2 aromatic rings. The van der Waals surface area contributed by atoms with Crippen molar-refractivity contribution in [3.63, 3.8) is 0 Å². The first-order chi connectivity index (χ1) is 20.9. The Labute approximate surface area is 253 Å². The number of nitrogens with one attached hydrogen (secondary N) is 2. The summed E-state index contributed by atoms with van der Waals surface area (Å²) in [6.07, 6.45) is -6.77. The number of hydrogen-bond acceptors (Lipinski definition) is 5. The standard InChI is InChI=1S/C26H30F3N5O4.C2HF3O2/c27-26(28,29)19-8-5-18(6-9-19)15-34-21-10-7-17(4-2-1-3-12-32-25(30)31)14-20(21)24(38)33(16-22(34)35)13-11-23(36)37;3-2(4,5)1(6)7/h5-10,14H,1-4,11-13,15-16H2,(H,36,37)(H4,30,31,32);(H,6,7). The highest BCUT2D eigenvalue weighted by atomic mass is 19.4. The lowest BCUT2D eigenvalue weighted by Crippen LogP contribution is -2.40. The van der Waals surface area contributed by atoms with Crippen molar-refractivity contribution < 1.29 is 55.7 Å². The molecule has 0 saturated heterocycles. The molecule has 2 aromatic carbocycles. The number of carbonyl (C=O) groups is 4. The molecule has 2 amide bonds. The summed E-state index contributed by atoms with van der Waals surface area (Å²) in [5, 5.41) is 26.1. The lowest BCUT2D eigenvalue weighted by molar-refractivity contribution is -0.192. The number of carbonyl (C=O) groups excluding carboxylic acids is 2. The van der Waals surface area contributed by atoms with E-state index in [0.29, 0.717) is 24.2 Å². The number of nitrogens with zero attached hydrogens (tertiary/aromatic N) is 2. The Hall–Kier alpha value is -4.83. The van der Waals surface area contributed by atoms with Crippen LogP contribution in [-0.4, -0.2) is 70.6 Å². The number of hydrogen-bond donors (Lipinski definition) is 5. The maximum absolute atomic E-state index is 13.4. The van der Waals surface area contributed by atoms with Crippen molar-refractivity contribution >= 4 is 35.4 Å². The second kappa shape index (κ2) is 15.8. The highest BCUT2D eigenvalue weighted by Crippen LogP contribution is 2.31. The monoisotopic (exact) mass is 647 g/mol. The summed E-state index contributed by atoms with van der Waals surface area (Å²) < 4.78 is 70.6. The predicted molar refractivity (Wildman–Crippen MR) is 148 cm³/mol. The van der Waals surface area contributed by atoms with Crippen LogP contribution in [0.4, 0.5) is 32.0 Å². The van der Waals surface area contributed by atoms with Gasteiger partial charge in [0.25, 0.3) is 5.91 Å². The van der Waals surface area contributed by atoms with Crippen LogP contribution in [0.15, 0.2) is 42.5 Å². The van der Waals surface area contributed by atoms with Crippen LogP contribution in [-0.2, 0) is 33.5 Å². The normalized spacial score (nSPS) is 13.4. The van der Waals surface area contributed by atoms with Crippen molar-refractivity contribution in [1.82, 2.24) is 10.2 Å². The molecule has 45 heavy (non-hydrogen) atoms. The van der Waals surface area contributed by atoms with Gasteiger partial charge in [0.1, 0.15) is 6.54 Å². The zero-order valence-corrected chi connectivity index (χ0v) is 23.7. The second-order valence-corrected chi connectivity index (χ2v) is 9.85. The fraction of sp³-hybridized carbons (Fsp3) is 0.393. The minimum Gasteiger partial charge on any atom is -0.481 e. The van der Waals surface area contributed by atoms with Gasteiger partial charge in [0.15, 0.2) is 5.96 Å². The summed E-state index contributed by atoms with van der Waals surface area (Å²) in [4.78, 5) is 49.1. The van der Waals surface area contributed by atoms with Crippen LogP contribution in [0.2, 0.25) is 0 Å². The molecule has 0 spiro atoms. The van der Waals surface area contributed by atoms with Crippen LogP contribution in [0.5, 0.6) is 0 Å². The van der Waals surface area contributed by atoms with E-state index in [4.69, 9.17) is 26.2 Å². The van der Waals surface area contributed by atoms with Crippen LogP contribution in [0.25, 0.3) is 0 Å². The Bertz CT molecular complexity index is 1380. The van der Waals surface area contributed by atoms with E-state index < -0.39 is 41.7 Å². The Morgan fingerprint density at radius 2 is 1.53 bits per heavy atom. The maximum Gasteiger partial charge on any atom is 0.490 e. The molecule has 17 heteroatoms. The van der Waals surface area contributed by atoms with E-state index in [2.05, 4.69) is 5.32 Å². The smallest absolute Gasteiger partial charge is 0.481 e. The molecule has 0 aromatic heterocycles. The van der Waals surface area contributed by atoms with Crippen LogP contribution in [0, 0.1) is 5.41 Å². The van der Waals surface area contributed by atoms with E-state index in [9.17, 15) is 40.7 Å². The third-order valence-corrected chi connectivity index (χ3v) is 6.41.